The maximum atomic E-state index is 12.4. The molecule has 6 heteroatoms. The van der Waals surface area contributed by atoms with E-state index in [-0.39, 0.29) is 0 Å². The first-order chi connectivity index (χ1) is 10.1. The number of hydrogen-bond donors (Lipinski definition) is 2. The van der Waals surface area contributed by atoms with E-state index in [1.165, 1.54) is 16.9 Å². The number of fused-ring (bicyclic) bond motifs is 1. The Labute approximate surface area is 129 Å². The van der Waals surface area contributed by atoms with Crippen LogP contribution in [0.4, 0.5) is 11.4 Å². The zero-order chi connectivity index (χ0) is 14.9. The van der Waals surface area contributed by atoms with E-state index in [0.29, 0.717) is 9.90 Å². The molecule has 0 saturated heterocycles. The summed E-state index contributed by atoms with van der Waals surface area (Å²) in [6.45, 7) is 2.96. The van der Waals surface area contributed by atoms with Gasteiger partial charge in [-0.2, -0.15) is 0 Å². The van der Waals surface area contributed by atoms with Gasteiger partial charge in [-0.25, -0.2) is 8.42 Å². The molecule has 1 aliphatic rings. The maximum absolute atomic E-state index is 12.4. The van der Waals surface area contributed by atoms with Gasteiger partial charge in [-0.15, -0.1) is 11.3 Å². The van der Waals surface area contributed by atoms with Gasteiger partial charge in [0.1, 0.15) is 4.21 Å². The summed E-state index contributed by atoms with van der Waals surface area (Å²) in [5, 5.41) is 3.31. The van der Waals surface area contributed by atoms with E-state index >= 15 is 0 Å². The molecule has 0 amide bonds. The molecule has 1 aliphatic heterocycles. The van der Waals surface area contributed by atoms with Crippen LogP contribution in [-0.4, -0.2) is 15.0 Å². The van der Waals surface area contributed by atoms with Crippen LogP contribution in [0.25, 0.3) is 0 Å². The second-order valence-electron chi connectivity index (χ2n) is 5.08. The highest BCUT2D eigenvalue weighted by Gasteiger charge is 2.18. The van der Waals surface area contributed by atoms with Gasteiger partial charge in [0.05, 0.1) is 5.69 Å². The summed E-state index contributed by atoms with van der Waals surface area (Å²) in [7, 11) is -3.49. The zero-order valence-corrected chi connectivity index (χ0v) is 13.5. The lowest BCUT2D eigenvalue weighted by Gasteiger charge is -2.19. The molecule has 2 N–H and O–H groups in total. The first-order valence-corrected chi connectivity index (χ1v) is 9.37. The third-order valence-electron chi connectivity index (χ3n) is 3.55. The lowest BCUT2D eigenvalue weighted by molar-refractivity contribution is 0.603. The number of benzene rings is 1. The van der Waals surface area contributed by atoms with Crippen molar-refractivity contribution in [2.24, 2.45) is 0 Å². The van der Waals surface area contributed by atoms with Crippen molar-refractivity contribution in [3.63, 3.8) is 0 Å². The number of aryl methyl sites for hydroxylation is 2. The normalized spacial score (nSPS) is 14.3. The van der Waals surface area contributed by atoms with Crippen LogP contribution in [0.2, 0.25) is 0 Å². The third-order valence-corrected chi connectivity index (χ3v) is 6.65. The van der Waals surface area contributed by atoms with Crippen LogP contribution >= 0.6 is 11.3 Å². The number of sulfonamides is 1. The predicted octanol–water partition coefficient (Wildman–Crippen LogP) is 3.47. The summed E-state index contributed by atoms with van der Waals surface area (Å²) in [5.74, 6) is 0. The van der Waals surface area contributed by atoms with E-state index in [9.17, 15) is 8.42 Å². The minimum Gasteiger partial charge on any atom is -0.385 e. The van der Waals surface area contributed by atoms with Crippen molar-refractivity contribution < 1.29 is 8.42 Å². The van der Waals surface area contributed by atoms with Crippen molar-refractivity contribution in [3.05, 3.63) is 40.8 Å². The molecular weight excluding hydrogens is 304 g/mol. The van der Waals surface area contributed by atoms with Crippen LogP contribution in [0.15, 0.2) is 34.5 Å². The van der Waals surface area contributed by atoms with Crippen LogP contribution in [0.3, 0.4) is 0 Å². The van der Waals surface area contributed by atoms with Gasteiger partial charge < -0.3 is 5.32 Å². The number of rotatable bonds is 4. The molecule has 0 unspecified atom stereocenters. The largest absolute Gasteiger partial charge is 0.385 e. The topological polar surface area (TPSA) is 58.2 Å². The molecule has 0 atom stereocenters. The molecule has 0 fully saturated rings. The lowest BCUT2D eigenvalue weighted by Crippen LogP contribution is -2.14. The van der Waals surface area contributed by atoms with Gasteiger partial charge in [0.15, 0.2) is 0 Å². The van der Waals surface area contributed by atoms with Crippen molar-refractivity contribution in [3.8, 4) is 0 Å². The van der Waals surface area contributed by atoms with Crippen molar-refractivity contribution in [1.29, 1.82) is 0 Å². The molecule has 112 valence electrons. The van der Waals surface area contributed by atoms with Crippen LogP contribution < -0.4 is 10.0 Å². The second kappa shape index (κ2) is 5.69. The van der Waals surface area contributed by atoms with Gasteiger partial charge in [-0.1, -0.05) is 13.0 Å². The molecule has 21 heavy (non-hydrogen) atoms. The molecule has 0 aliphatic carbocycles. The lowest BCUT2D eigenvalue weighted by atomic mass is 10.0. The van der Waals surface area contributed by atoms with Crippen molar-refractivity contribution >= 4 is 32.7 Å². The molecule has 2 aromatic rings. The fraction of sp³-hybridized carbons (Fsp3) is 0.333. The minimum atomic E-state index is -3.49. The van der Waals surface area contributed by atoms with E-state index in [2.05, 4.69) is 10.0 Å². The van der Waals surface area contributed by atoms with E-state index in [4.69, 9.17) is 0 Å². The Morgan fingerprint density at radius 3 is 2.90 bits per heavy atom. The van der Waals surface area contributed by atoms with Crippen LogP contribution in [-0.2, 0) is 22.9 Å². The molecule has 0 saturated carbocycles. The molecule has 4 nitrogen and oxygen atoms in total. The molecule has 0 spiro atoms. The number of thiophene rings is 1. The highest BCUT2D eigenvalue weighted by molar-refractivity contribution is 7.94. The summed E-state index contributed by atoms with van der Waals surface area (Å²) < 4.78 is 27.8. The number of anilines is 2. The van der Waals surface area contributed by atoms with Crippen molar-refractivity contribution in [2.45, 2.75) is 30.4 Å². The Kier molecular flexibility index (Phi) is 3.91. The third kappa shape index (κ3) is 3.06. The van der Waals surface area contributed by atoms with Gasteiger partial charge in [0.25, 0.3) is 10.0 Å². The molecule has 0 radical (unpaired) electrons. The highest BCUT2D eigenvalue weighted by atomic mass is 32.2. The Morgan fingerprint density at radius 2 is 2.14 bits per heavy atom. The van der Waals surface area contributed by atoms with Crippen LogP contribution in [0.1, 0.15) is 23.8 Å². The number of hydrogen-bond acceptors (Lipinski definition) is 4. The van der Waals surface area contributed by atoms with E-state index in [1.807, 2.05) is 31.2 Å². The van der Waals surface area contributed by atoms with E-state index < -0.39 is 10.0 Å². The Balaban J connectivity index is 1.85. The zero-order valence-electron chi connectivity index (χ0n) is 11.8. The summed E-state index contributed by atoms with van der Waals surface area (Å²) in [6, 6.07) is 9.24. The molecular formula is C15H18N2O2S2. The Morgan fingerprint density at radius 1 is 1.29 bits per heavy atom. The first kappa shape index (κ1) is 14.4. The van der Waals surface area contributed by atoms with Crippen molar-refractivity contribution in [2.75, 3.05) is 16.6 Å². The van der Waals surface area contributed by atoms with E-state index in [1.54, 1.807) is 6.07 Å². The van der Waals surface area contributed by atoms with E-state index in [0.717, 1.165) is 36.4 Å². The summed E-state index contributed by atoms with van der Waals surface area (Å²) in [6.07, 6.45) is 3.01. The molecule has 2 heterocycles. The second-order valence-corrected chi connectivity index (χ2v) is 8.16. The minimum absolute atomic E-state index is 0.366. The average molecular weight is 322 g/mol. The Bertz CT molecular complexity index is 751. The summed E-state index contributed by atoms with van der Waals surface area (Å²) in [5.41, 5.74) is 2.88. The monoisotopic (exact) mass is 322 g/mol. The van der Waals surface area contributed by atoms with Crippen molar-refractivity contribution in [1.82, 2.24) is 0 Å². The summed E-state index contributed by atoms with van der Waals surface area (Å²) in [4.78, 5) is 1.07. The Hall–Kier alpha value is -1.53. The molecule has 1 aromatic carbocycles. The molecule has 1 aromatic heterocycles. The van der Waals surface area contributed by atoms with Gasteiger partial charge >= 0.3 is 0 Å². The predicted molar refractivity (Wildman–Crippen MR) is 87.8 cm³/mol. The van der Waals surface area contributed by atoms with Gasteiger partial charge in [0.2, 0.25) is 0 Å². The fourth-order valence-corrected chi connectivity index (χ4v) is 4.77. The van der Waals surface area contributed by atoms with Gasteiger partial charge in [-0.3, -0.25) is 4.72 Å². The van der Waals surface area contributed by atoms with Gasteiger partial charge in [-0.05, 0) is 49.1 Å². The quantitative estimate of drug-likeness (QED) is 0.906. The van der Waals surface area contributed by atoms with Crippen LogP contribution in [0.5, 0.6) is 0 Å². The molecule has 3 rings (SSSR count). The maximum Gasteiger partial charge on any atom is 0.271 e. The van der Waals surface area contributed by atoms with Crippen LogP contribution in [0, 0.1) is 0 Å². The standard InChI is InChI=1S/C15H18N2O2S2/c1-2-13-7-8-15(20-13)21(18,19)17-12-6-5-11-4-3-9-16-14(11)10-12/h5-8,10,16-17H,2-4,9H2,1H3. The van der Waals surface area contributed by atoms with Gasteiger partial charge in [0, 0.05) is 17.1 Å². The highest BCUT2D eigenvalue weighted by Crippen LogP contribution is 2.28. The summed E-state index contributed by atoms with van der Waals surface area (Å²) >= 11 is 1.32. The SMILES string of the molecule is CCc1ccc(S(=O)(=O)Nc2ccc3c(c2)NCCC3)s1. The number of nitrogens with one attached hydrogen (secondary N) is 2. The molecule has 0 bridgehead atoms. The smallest absolute Gasteiger partial charge is 0.271 e. The first-order valence-electron chi connectivity index (χ1n) is 7.07. The average Bonchev–Trinajstić information content (AvgIpc) is 2.96. The fourth-order valence-electron chi connectivity index (χ4n) is 2.42.